The van der Waals surface area contributed by atoms with Crippen LogP contribution in [0.25, 0.3) is 0 Å². The zero-order valence-corrected chi connectivity index (χ0v) is 14.1. The number of allylic oxidation sites excluding steroid dienone is 1. The van der Waals surface area contributed by atoms with E-state index in [1.165, 1.54) is 29.7 Å². The van der Waals surface area contributed by atoms with Crippen molar-refractivity contribution in [3.05, 3.63) is 52.9 Å². The van der Waals surface area contributed by atoms with E-state index in [2.05, 4.69) is 35.1 Å². The zero-order chi connectivity index (χ0) is 16.2. The fourth-order valence-electron chi connectivity index (χ4n) is 3.19. The van der Waals surface area contributed by atoms with Crippen molar-refractivity contribution in [1.29, 1.82) is 0 Å². The van der Waals surface area contributed by atoms with E-state index in [9.17, 15) is 0 Å². The van der Waals surface area contributed by atoms with E-state index in [0.29, 0.717) is 6.54 Å². The number of rotatable bonds is 6. The molecule has 0 atom stereocenters. The van der Waals surface area contributed by atoms with Crippen molar-refractivity contribution in [3.8, 4) is 0 Å². The minimum absolute atomic E-state index is 0.695. The molecule has 0 aromatic carbocycles. The largest absolute Gasteiger partial charge is 0.306 e. The molecule has 3 rings (SSSR count). The number of nitrogens with one attached hydrogen (secondary N) is 1. The fourth-order valence-corrected chi connectivity index (χ4v) is 3.19. The zero-order valence-electron chi connectivity index (χ0n) is 14.1. The molecule has 0 amide bonds. The summed E-state index contributed by atoms with van der Waals surface area (Å²) in [4.78, 5) is 9.42. The van der Waals surface area contributed by atoms with Crippen LogP contribution in [0.1, 0.15) is 46.9 Å². The lowest BCUT2D eigenvalue weighted by atomic mass is 9.95. The highest BCUT2D eigenvalue weighted by Gasteiger charge is 2.15. The number of aryl methyl sites for hydroxylation is 3. The van der Waals surface area contributed by atoms with Crippen molar-refractivity contribution >= 4 is 0 Å². The Hall–Kier alpha value is -2.01. The van der Waals surface area contributed by atoms with Crippen LogP contribution in [0, 0.1) is 13.8 Å². The molecule has 0 unspecified atom stereocenters. The Balaban J connectivity index is 1.62. The average Bonchev–Trinajstić information content (AvgIpc) is 2.88. The van der Waals surface area contributed by atoms with E-state index in [4.69, 9.17) is 4.98 Å². The summed E-state index contributed by atoms with van der Waals surface area (Å²) in [6, 6.07) is 0. The predicted molar refractivity (Wildman–Crippen MR) is 91.1 cm³/mol. The summed E-state index contributed by atoms with van der Waals surface area (Å²) in [6.07, 6.45) is 8.67. The summed E-state index contributed by atoms with van der Waals surface area (Å²) in [5.41, 5.74) is 6.06. The molecule has 1 aliphatic rings. The van der Waals surface area contributed by atoms with E-state index < -0.39 is 0 Å². The van der Waals surface area contributed by atoms with Crippen LogP contribution in [0.4, 0.5) is 0 Å². The first-order chi connectivity index (χ1) is 11.2. The smallest absolute Gasteiger partial charge is 0.142 e. The van der Waals surface area contributed by atoms with E-state index in [1.807, 2.05) is 17.7 Å². The van der Waals surface area contributed by atoms with Crippen molar-refractivity contribution in [2.45, 2.75) is 59.2 Å². The number of hydrogen-bond donors (Lipinski definition) is 1. The average molecular weight is 311 g/mol. The van der Waals surface area contributed by atoms with Gasteiger partial charge < -0.3 is 5.32 Å². The minimum Gasteiger partial charge on any atom is -0.306 e. The highest BCUT2D eigenvalue weighted by molar-refractivity contribution is 5.27. The highest BCUT2D eigenvalue weighted by atomic mass is 15.3. The van der Waals surface area contributed by atoms with Crippen LogP contribution >= 0.6 is 0 Å². The lowest BCUT2D eigenvalue weighted by Crippen LogP contribution is -2.18. The Bertz CT molecular complexity index is 702. The number of hydrogen-bond acceptors (Lipinski definition) is 4. The molecule has 1 aliphatic carbocycles. The Labute approximate surface area is 137 Å². The van der Waals surface area contributed by atoms with Crippen LogP contribution in [0.5, 0.6) is 0 Å². The third-order valence-electron chi connectivity index (χ3n) is 4.40. The van der Waals surface area contributed by atoms with Gasteiger partial charge in [0.05, 0.1) is 18.8 Å². The van der Waals surface area contributed by atoms with Crippen LogP contribution in [0.2, 0.25) is 0 Å². The third-order valence-corrected chi connectivity index (χ3v) is 4.40. The predicted octanol–water partition coefficient (Wildman–Crippen LogP) is 2.64. The van der Waals surface area contributed by atoms with Crippen LogP contribution in [-0.2, 0) is 32.5 Å². The molecule has 0 fully saturated rings. The molecule has 0 radical (unpaired) electrons. The van der Waals surface area contributed by atoms with Gasteiger partial charge in [-0.1, -0.05) is 6.08 Å². The molecule has 5 nitrogen and oxygen atoms in total. The molecule has 2 heterocycles. The molecule has 0 bridgehead atoms. The molecule has 0 saturated heterocycles. The molecule has 2 aromatic rings. The van der Waals surface area contributed by atoms with Gasteiger partial charge >= 0.3 is 0 Å². The number of fused-ring (bicyclic) bond motifs is 1. The molecule has 0 aliphatic heterocycles. The standard InChI is InChI=1S/C18H25N5/c1-4-9-23-12-15(13(2)22-23)10-19-11-18-20-14(3)16-7-5-6-8-17(16)21-18/h4,12,19H,1,5-11H2,2-3H3. The first-order valence-corrected chi connectivity index (χ1v) is 8.37. The van der Waals surface area contributed by atoms with Gasteiger partial charge in [0.15, 0.2) is 0 Å². The normalized spacial score (nSPS) is 13.8. The lowest BCUT2D eigenvalue weighted by Gasteiger charge is -2.17. The summed E-state index contributed by atoms with van der Waals surface area (Å²) in [5, 5.41) is 7.92. The van der Waals surface area contributed by atoms with Crippen LogP contribution < -0.4 is 5.32 Å². The Morgan fingerprint density at radius 2 is 2.00 bits per heavy atom. The number of aromatic nitrogens is 4. The van der Waals surface area contributed by atoms with Crippen molar-refractivity contribution in [2.24, 2.45) is 0 Å². The maximum absolute atomic E-state index is 4.75. The minimum atomic E-state index is 0.695. The second-order valence-electron chi connectivity index (χ2n) is 6.21. The van der Waals surface area contributed by atoms with Gasteiger partial charge in [-0.05, 0) is 45.1 Å². The summed E-state index contributed by atoms with van der Waals surface area (Å²) in [5.74, 6) is 0.902. The van der Waals surface area contributed by atoms with E-state index in [-0.39, 0.29) is 0 Å². The highest BCUT2D eigenvalue weighted by Crippen LogP contribution is 2.21. The van der Waals surface area contributed by atoms with Crippen molar-refractivity contribution in [1.82, 2.24) is 25.1 Å². The maximum Gasteiger partial charge on any atom is 0.142 e. The lowest BCUT2D eigenvalue weighted by molar-refractivity contribution is 0.618. The van der Waals surface area contributed by atoms with E-state index in [0.717, 1.165) is 43.1 Å². The van der Waals surface area contributed by atoms with Crippen LogP contribution in [0.3, 0.4) is 0 Å². The second kappa shape index (κ2) is 7.04. The topological polar surface area (TPSA) is 55.6 Å². The fraction of sp³-hybridized carbons (Fsp3) is 0.500. The Kier molecular flexibility index (Phi) is 4.86. The molecule has 23 heavy (non-hydrogen) atoms. The summed E-state index contributed by atoms with van der Waals surface area (Å²) in [6.45, 7) is 10.1. The van der Waals surface area contributed by atoms with Gasteiger partial charge in [-0.2, -0.15) is 5.10 Å². The third kappa shape index (κ3) is 3.67. The van der Waals surface area contributed by atoms with E-state index in [1.54, 1.807) is 0 Å². The van der Waals surface area contributed by atoms with Gasteiger partial charge in [0.25, 0.3) is 0 Å². The molecule has 0 spiro atoms. The molecule has 5 heteroatoms. The second-order valence-corrected chi connectivity index (χ2v) is 6.21. The SMILES string of the molecule is C=CCn1cc(CNCc2nc(C)c3c(n2)CCCC3)c(C)n1. The summed E-state index contributed by atoms with van der Waals surface area (Å²) in [7, 11) is 0. The molecule has 1 N–H and O–H groups in total. The first kappa shape index (κ1) is 15.9. The van der Waals surface area contributed by atoms with Gasteiger partial charge in [0.2, 0.25) is 0 Å². The van der Waals surface area contributed by atoms with Gasteiger partial charge in [0.1, 0.15) is 5.82 Å². The summed E-state index contributed by atoms with van der Waals surface area (Å²) < 4.78 is 1.92. The quantitative estimate of drug-likeness (QED) is 0.833. The van der Waals surface area contributed by atoms with Crippen LogP contribution in [0.15, 0.2) is 18.9 Å². The molecular weight excluding hydrogens is 286 g/mol. The first-order valence-electron chi connectivity index (χ1n) is 8.37. The molecule has 122 valence electrons. The van der Waals surface area contributed by atoms with Crippen molar-refractivity contribution in [2.75, 3.05) is 0 Å². The van der Waals surface area contributed by atoms with Gasteiger partial charge in [-0.15, -0.1) is 6.58 Å². The van der Waals surface area contributed by atoms with Gasteiger partial charge in [-0.25, -0.2) is 9.97 Å². The van der Waals surface area contributed by atoms with Gasteiger partial charge in [-0.3, -0.25) is 4.68 Å². The van der Waals surface area contributed by atoms with Gasteiger partial charge in [0, 0.05) is 29.7 Å². The monoisotopic (exact) mass is 311 g/mol. The van der Waals surface area contributed by atoms with Crippen LogP contribution in [-0.4, -0.2) is 19.7 Å². The van der Waals surface area contributed by atoms with E-state index >= 15 is 0 Å². The molecule has 0 saturated carbocycles. The van der Waals surface area contributed by atoms with Crippen molar-refractivity contribution in [3.63, 3.8) is 0 Å². The molecule has 2 aromatic heterocycles. The van der Waals surface area contributed by atoms with Crippen molar-refractivity contribution < 1.29 is 0 Å². The Morgan fingerprint density at radius 1 is 1.17 bits per heavy atom. The summed E-state index contributed by atoms with van der Waals surface area (Å²) >= 11 is 0. The molecular formula is C18H25N5. The number of nitrogens with zero attached hydrogens (tertiary/aromatic N) is 4. The maximum atomic E-state index is 4.75. The Morgan fingerprint density at radius 3 is 2.83 bits per heavy atom.